The Morgan fingerprint density at radius 2 is 2.00 bits per heavy atom. The van der Waals surface area contributed by atoms with Gasteiger partial charge in [-0.05, 0) is 6.92 Å². The fourth-order valence-electron chi connectivity index (χ4n) is 1.15. The van der Waals surface area contributed by atoms with Crippen LogP contribution in [0.3, 0.4) is 0 Å². The molecule has 7 nitrogen and oxygen atoms in total. The normalized spacial score (nSPS) is 21.2. The van der Waals surface area contributed by atoms with E-state index < -0.39 is 36.2 Å². The minimum atomic E-state index is -2.64. The number of Topliss-reactive ketones (excluding diaryl/α,β-unsaturated/α-hetero) is 1. The summed E-state index contributed by atoms with van der Waals surface area (Å²) in [6.45, 7) is -0.0433. The molecule has 0 spiro atoms. The van der Waals surface area contributed by atoms with Crippen molar-refractivity contribution < 1.29 is 30.0 Å². The smallest absolute Gasteiger partial charge is 0.178 e. The third-order valence-electron chi connectivity index (χ3n) is 2.22. The van der Waals surface area contributed by atoms with Crippen LogP contribution in [0.2, 0.25) is 0 Å². The molecule has 0 amide bonds. The van der Waals surface area contributed by atoms with Crippen LogP contribution >= 0.6 is 0 Å². The van der Waals surface area contributed by atoms with E-state index in [0.29, 0.717) is 0 Å². The Morgan fingerprint density at radius 3 is 2.27 bits per heavy atom. The molecular weight excluding hydrogens is 206 g/mol. The highest BCUT2D eigenvalue weighted by atomic mass is 16.4. The van der Waals surface area contributed by atoms with Gasteiger partial charge >= 0.3 is 0 Å². The Hall–Kier alpha value is -0.860. The maximum Gasteiger partial charge on any atom is 0.178 e. The quantitative estimate of drug-likeness (QED) is 0.293. The molecule has 0 heterocycles. The topological polar surface area (TPSA) is 141 Å². The first-order valence-electron chi connectivity index (χ1n) is 4.23. The first kappa shape index (κ1) is 14.1. The summed E-state index contributed by atoms with van der Waals surface area (Å²) in [5.74, 6) is -0.992. The molecule has 0 fully saturated rings. The molecule has 4 atom stereocenters. The number of ketones is 1. The van der Waals surface area contributed by atoms with E-state index in [1.165, 1.54) is 0 Å². The highest BCUT2D eigenvalue weighted by Gasteiger charge is 2.49. The second-order valence-electron chi connectivity index (χ2n) is 3.24. The fourth-order valence-corrected chi connectivity index (χ4v) is 1.15. The van der Waals surface area contributed by atoms with Crippen LogP contribution in [0.15, 0.2) is 0 Å². The molecule has 15 heavy (non-hydrogen) atoms. The summed E-state index contributed by atoms with van der Waals surface area (Å²) in [6.07, 6.45) is -3.76. The zero-order chi connectivity index (χ0) is 12.2. The molecule has 7 heteroatoms. The second-order valence-corrected chi connectivity index (χ2v) is 3.24. The van der Waals surface area contributed by atoms with Crippen LogP contribution in [-0.4, -0.2) is 63.0 Å². The summed E-state index contributed by atoms with van der Waals surface area (Å²) in [6, 6.07) is -1.53. The molecule has 0 aliphatic carbocycles. The second kappa shape index (κ2) is 5.29. The molecule has 0 aliphatic rings. The van der Waals surface area contributed by atoms with Crippen LogP contribution in [0.5, 0.6) is 0 Å². The lowest BCUT2D eigenvalue weighted by molar-refractivity contribution is -0.178. The maximum absolute atomic E-state index is 11.1. The van der Waals surface area contributed by atoms with Crippen molar-refractivity contribution in [1.82, 2.24) is 0 Å². The van der Waals surface area contributed by atoms with Gasteiger partial charge in [-0.1, -0.05) is 0 Å². The van der Waals surface area contributed by atoms with Crippen LogP contribution in [0, 0.1) is 0 Å². The molecule has 0 aliphatic heterocycles. The summed E-state index contributed by atoms with van der Waals surface area (Å²) in [7, 11) is 0. The number of aldehydes is 1. The van der Waals surface area contributed by atoms with E-state index in [2.05, 4.69) is 0 Å². The number of nitrogens with two attached hydrogens (primary N) is 1. The van der Waals surface area contributed by atoms with Crippen molar-refractivity contribution in [2.75, 3.05) is 6.61 Å². The maximum atomic E-state index is 11.1. The largest absolute Gasteiger partial charge is 0.394 e. The SMILES string of the molecule is CC(=O)[C@@](O)([C@H](O)CO)[C@H](O)[C@@H](N)C=O. The third kappa shape index (κ3) is 2.58. The van der Waals surface area contributed by atoms with Gasteiger partial charge in [0.25, 0.3) is 0 Å². The predicted octanol–water partition coefficient (Wildman–Crippen LogP) is -3.45. The van der Waals surface area contributed by atoms with Crippen molar-refractivity contribution >= 4 is 12.1 Å². The summed E-state index contributed by atoms with van der Waals surface area (Å²) < 4.78 is 0. The van der Waals surface area contributed by atoms with Gasteiger partial charge in [-0.2, -0.15) is 0 Å². The summed E-state index contributed by atoms with van der Waals surface area (Å²) in [5.41, 5.74) is 2.47. The van der Waals surface area contributed by atoms with E-state index in [0.717, 1.165) is 6.92 Å². The van der Waals surface area contributed by atoms with E-state index in [4.69, 9.17) is 10.8 Å². The molecule has 0 rings (SSSR count). The first-order chi connectivity index (χ1) is 6.82. The van der Waals surface area contributed by atoms with Crippen LogP contribution < -0.4 is 5.73 Å². The monoisotopic (exact) mass is 221 g/mol. The molecule has 0 bridgehead atoms. The Labute approximate surface area is 86.1 Å². The standard InChI is InChI=1S/C8H15NO6/c1-4(12)8(15,6(13)3-11)7(14)5(9)2-10/h2,5-7,11,13-15H,3,9H2,1H3/t5-,6+,7+,8+/m0/s1. The number of hydrogen-bond acceptors (Lipinski definition) is 7. The number of hydrogen-bond donors (Lipinski definition) is 5. The average Bonchev–Trinajstić information content (AvgIpc) is 2.24. The predicted molar refractivity (Wildman–Crippen MR) is 48.8 cm³/mol. The Kier molecular flexibility index (Phi) is 4.98. The molecule has 0 aromatic heterocycles. The van der Waals surface area contributed by atoms with Crippen molar-refractivity contribution in [2.24, 2.45) is 5.73 Å². The minimum Gasteiger partial charge on any atom is -0.394 e. The summed E-state index contributed by atoms with van der Waals surface area (Å²) in [5, 5.41) is 36.9. The minimum absolute atomic E-state index is 0.128. The molecule has 0 saturated heterocycles. The lowest BCUT2D eigenvalue weighted by Gasteiger charge is -2.35. The van der Waals surface area contributed by atoms with E-state index in [9.17, 15) is 24.9 Å². The number of aliphatic hydroxyl groups excluding tert-OH is 3. The highest BCUT2D eigenvalue weighted by Crippen LogP contribution is 2.19. The average molecular weight is 221 g/mol. The van der Waals surface area contributed by atoms with Crippen molar-refractivity contribution in [3.05, 3.63) is 0 Å². The van der Waals surface area contributed by atoms with Crippen molar-refractivity contribution in [1.29, 1.82) is 0 Å². The number of carbonyl (C=O) groups excluding carboxylic acids is 2. The molecule has 0 unspecified atom stereocenters. The van der Waals surface area contributed by atoms with Crippen molar-refractivity contribution in [3.63, 3.8) is 0 Å². The molecular formula is C8H15NO6. The lowest BCUT2D eigenvalue weighted by atomic mass is 9.83. The van der Waals surface area contributed by atoms with E-state index in [1.54, 1.807) is 0 Å². The van der Waals surface area contributed by atoms with Gasteiger partial charge in [0, 0.05) is 0 Å². The fraction of sp³-hybridized carbons (Fsp3) is 0.750. The van der Waals surface area contributed by atoms with Crippen molar-refractivity contribution in [2.45, 2.75) is 30.8 Å². The Morgan fingerprint density at radius 1 is 1.53 bits per heavy atom. The van der Waals surface area contributed by atoms with Crippen LogP contribution in [0.1, 0.15) is 6.92 Å². The zero-order valence-corrected chi connectivity index (χ0v) is 8.20. The summed E-state index contributed by atoms with van der Waals surface area (Å²) in [4.78, 5) is 21.4. The highest BCUT2D eigenvalue weighted by molar-refractivity contribution is 5.87. The molecule has 0 saturated carbocycles. The van der Waals surface area contributed by atoms with Gasteiger partial charge < -0.3 is 31.0 Å². The Balaban J connectivity index is 5.10. The number of aliphatic hydroxyl groups is 4. The van der Waals surface area contributed by atoms with Gasteiger partial charge in [0.05, 0.1) is 12.6 Å². The third-order valence-corrected chi connectivity index (χ3v) is 2.22. The van der Waals surface area contributed by atoms with Gasteiger partial charge in [0.15, 0.2) is 11.4 Å². The lowest BCUT2D eigenvalue weighted by Crippen LogP contribution is -2.64. The number of rotatable bonds is 6. The summed E-state index contributed by atoms with van der Waals surface area (Å²) >= 11 is 0. The molecule has 88 valence electrons. The van der Waals surface area contributed by atoms with E-state index >= 15 is 0 Å². The van der Waals surface area contributed by atoms with E-state index in [1.807, 2.05) is 0 Å². The Bertz CT molecular complexity index is 245. The first-order valence-corrected chi connectivity index (χ1v) is 4.23. The molecule has 0 radical (unpaired) electrons. The van der Waals surface area contributed by atoms with Gasteiger partial charge in [-0.15, -0.1) is 0 Å². The van der Waals surface area contributed by atoms with Crippen molar-refractivity contribution in [3.8, 4) is 0 Å². The van der Waals surface area contributed by atoms with Crippen LogP contribution in [0.25, 0.3) is 0 Å². The number of carbonyl (C=O) groups is 2. The molecule has 0 aromatic carbocycles. The molecule has 0 aromatic rings. The zero-order valence-electron chi connectivity index (χ0n) is 8.20. The van der Waals surface area contributed by atoms with Gasteiger partial charge in [-0.25, -0.2) is 0 Å². The van der Waals surface area contributed by atoms with E-state index in [-0.39, 0.29) is 6.29 Å². The van der Waals surface area contributed by atoms with Crippen LogP contribution in [-0.2, 0) is 9.59 Å². The van der Waals surface area contributed by atoms with Gasteiger partial charge in [-0.3, -0.25) is 4.79 Å². The van der Waals surface area contributed by atoms with Gasteiger partial charge in [0.2, 0.25) is 0 Å². The molecule has 6 N–H and O–H groups in total. The van der Waals surface area contributed by atoms with Gasteiger partial charge in [0.1, 0.15) is 18.5 Å². The van der Waals surface area contributed by atoms with Crippen LogP contribution in [0.4, 0.5) is 0 Å².